The van der Waals surface area contributed by atoms with Crippen molar-refractivity contribution in [1.82, 2.24) is 5.32 Å². The van der Waals surface area contributed by atoms with E-state index in [1.165, 1.54) is 6.07 Å². The number of rotatable bonds is 6. The summed E-state index contributed by atoms with van der Waals surface area (Å²) >= 11 is 6.48. The number of halogens is 2. The van der Waals surface area contributed by atoms with Gasteiger partial charge < -0.3 is 15.7 Å². The van der Waals surface area contributed by atoms with E-state index in [4.69, 9.17) is 0 Å². The average Bonchev–Trinajstić information content (AvgIpc) is 2.37. The molecule has 5 nitrogen and oxygen atoms in total. The summed E-state index contributed by atoms with van der Waals surface area (Å²) in [7, 11) is 0. The van der Waals surface area contributed by atoms with Crippen LogP contribution in [0.25, 0.3) is 0 Å². The summed E-state index contributed by atoms with van der Waals surface area (Å²) in [5.74, 6) is -0.513. The number of carbonyl (C=O) groups excluding carboxylic acids is 1. The number of hydrogen-bond donors (Lipinski definition) is 3. The number of carboxylic acids is 1. The summed E-state index contributed by atoms with van der Waals surface area (Å²) in [6, 6.07) is 2.71. The van der Waals surface area contributed by atoms with Crippen molar-refractivity contribution < 1.29 is 14.7 Å². The number of carboxylic acid groups (broad SMARTS) is 1. The molecule has 116 valence electrons. The highest BCUT2D eigenvalue weighted by atomic mass is 79.9. The predicted octanol–water partition coefficient (Wildman–Crippen LogP) is 4.47. The van der Waals surface area contributed by atoms with Crippen LogP contribution in [-0.4, -0.2) is 23.7 Å². The third kappa shape index (κ3) is 6.05. The second-order valence-electron chi connectivity index (χ2n) is 5.03. The molecular weight excluding hydrogens is 404 g/mol. The van der Waals surface area contributed by atoms with Gasteiger partial charge in [-0.3, -0.25) is 0 Å². The molecule has 0 unspecified atom stereocenters. The SMILES string of the molecule is CC(C)CCCNC(=O)Nc1c(Br)cc(Br)cc1C(=O)O. The molecule has 2 amide bonds. The van der Waals surface area contributed by atoms with E-state index in [0.29, 0.717) is 21.4 Å². The van der Waals surface area contributed by atoms with Gasteiger partial charge in [0.2, 0.25) is 0 Å². The molecule has 21 heavy (non-hydrogen) atoms. The van der Waals surface area contributed by atoms with Gasteiger partial charge >= 0.3 is 12.0 Å². The first-order valence-corrected chi connectivity index (χ1v) is 8.17. The Morgan fingerprint density at radius 1 is 1.29 bits per heavy atom. The molecule has 0 atom stereocenters. The van der Waals surface area contributed by atoms with Crippen molar-refractivity contribution in [2.75, 3.05) is 11.9 Å². The predicted molar refractivity (Wildman–Crippen MR) is 89.9 cm³/mol. The first-order chi connectivity index (χ1) is 9.81. The van der Waals surface area contributed by atoms with Crippen molar-refractivity contribution in [2.24, 2.45) is 5.92 Å². The highest BCUT2D eigenvalue weighted by Crippen LogP contribution is 2.30. The molecule has 0 saturated heterocycles. The minimum absolute atomic E-state index is 0.0218. The van der Waals surface area contributed by atoms with Gasteiger partial charge in [-0.1, -0.05) is 29.8 Å². The Balaban J connectivity index is 2.70. The smallest absolute Gasteiger partial charge is 0.337 e. The summed E-state index contributed by atoms with van der Waals surface area (Å²) in [6.07, 6.45) is 1.92. The van der Waals surface area contributed by atoms with Crippen molar-refractivity contribution in [1.29, 1.82) is 0 Å². The largest absolute Gasteiger partial charge is 0.478 e. The maximum absolute atomic E-state index is 11.8. The molecule has 0 spiro atoms. The zero-order valence-electron chi connectivity index (χ0n) is 11.9. The van der Waals surface area contributed by atoms with Crippen LogP contribution >= 0.6 is 31.9 Å². The second-order valence-corrected chi connectivity index (χ2v) is 6.80. The molecule has 0 aromatic heterocycles. The molecule has 0 aliphatic heterocycles. The zero-order valence-corrected chi connectivity index (χ0v) is 15.0. The third-order valence-electron chi connectivity index (χ3n) is 2.77. The van der Waals surface area contributed by atoms with Crippen LogP contribution in [-0.2, 0) is 0 Å². The molecule has 0 aliphatic rings. The van der Waals surface area contributed by atoms with E-state index in [2.05, 4.69) is 56.3 Å². The molecule has 0 radical (unpaired) electrons. The normalized spacial score (nSPS) is 10.5. The zero-order chi connectivity index (χ0) is 16.0. The maximum atomic E-state index is 11.8. The standard InChI is InChI=1S/C14H18Br2N2O3/c1-8(2)4-3-5-17-14(21)18-12-10(13(19)20)6-9(15)7-11(12)16/h6-8H,3-5H2,1-2H3,(H,19,20)(H2,17,18,21). The molecule has 3 N–H and O–H groups in total. The lowest BCUT2D eigenvalue weighted by Gasteiger charge is -2.12. The van der Waals surface area contributed by atoms with Crippen LogP contribution in [0, 0.1) is 5.92 Å². The molecular formula is C14H18Br2N2O3. The van der Waals surface area contributed by atoms with E-state index in [-0.39, 0.29) is 11.3 Å². The van der Waals surface area contributed by atoms with Crippen LogP contribution in [0.1, 0.15) is 37.0 Å². The van der Waals surface area contributed by atoms with Gasteiger partial charge in [0.1, 0.15) is 0 Å². The summed E-state index contributed by atoms with van der Waals surface area (Å²) < 4.78 is 1.13. The molecule has 1 rings (SSSR count). The van der Waals surface area contributed by atoms with Crippen LogP contribution in [0.2, 0.25) is 0 Å². The number of anilines is 1. The van der Waals surface area contributed by atoms with Gasteiger partial charge in [0.25, 0.3) is 0 Å². The second kappa shape index (κ2) is 8.38. The lowest BCUT2D eigenvalue weighted by molar-refractivity contribution is 0.0698. The van der Waals surface area contributed by atoms with E-state index >= 15 is 0 Å². The lowest BCUT2D eigenvalue weighted by atomic mass is 10.1. The Morgan fingerprint density at radius 3 is 2.52 bits per heavy atom. The van der Waals surface area contributed by atoms with Gasteiger partial charge in [-0.25, -0.2) is 9.59 Å². The van der Waals surface area contributed by atoms with Gasteiger partial charge in [-0.15, -0.1) is 0 Å². The highest BCUT2D eigenvalue weighted by molar-refractivity contribution is 9.11. The molecule has 0 saturated carbocycles. The fourth-order valence-electron chi connectivity index (χ4n) is 1.74. The topological polar surface area (TPSA) is 78.4 Å². The number of nitrogens with one attached hydrogen (secondary N) is 2. The Bertz CT molecular complexity index is 533. The van der Waals surface area contributed by atoms with Crippen LogP contribution in [0.3, 0.4) is 0 Å². The highest BCUT2D eigenvalue weighted by Gasteiger charge is 2.16. The van der Waals surface area contributed by atoms with Crippen LogP contribution < -0.4 is 10.6 Å². The molecule has 0 heterocycles. The van der Waals surface area contributed by atoms with Crippen molar-refractivity contribution >= 4 is 49.5 Å². The number of hydrogen-bond acceptors (Lipinski definition) is 2. The first kappa shape index (κ1) is 18.0. The molecule has 0 aliphatic carbocycles. The van der Waals surface area contributed by atoms with E-state index in [0.717, 1.165) is 12.8 Å². The van der Waals surface area contributed by atoms with E-state index < -0.39 is 12.0 Å². The number of urea groups is 1. The first-order valence-electron chi connectivity index (χ1n) is 6.58. The van der Waals surface area contributed by atoms with E-state index in [1.54, 1.807) is 6.07 Å². The number of aromatic carboxylic acids is 1. The van der Waals surface area contributed by atoms with Gasteiger partial charge in [-0.05, 0) is 46.8 Å². The van der Waals surface area contributed by atoms with Crippen molar-refractivity contribution in [3.63, 3.8) is 0 Å². The Morgan fingerprint density at radius 2 is 1.95 bits per heavy atom. The fraction of sp³-hybridized carbons (Fsp3) is 0.429. The molecule has 1 aromatic rings. The quantitative estimate of drug-likeness (QED) is 0.593. The van der Waals surface area contributed by atoms with Gasteiger partial charge in [-0.2, -0.15) is 0 Å². The van der Waals surface area contributed by atoms with Gasteiger partial charge in [0, 0.05) is 15.5 Å². The van der Waals surface area contributed by atoms with Gasteiger partial charge in [0.15, 0.2) is 0 Å². The Hall–Kier alpha value is -1.08. The Kier molecular flexibility index (Phi) is 7.17. The molecule has 1 aromatic carbocycles. The summed E-state index contributed by atoms with van der Waals surface area (Å²) in [4.78, 5) is 23.1. The summed E-state index contributed by atoms with van der Waals surface area (Å²) in [5.41, 5.74) is 0.264. The minimum atomic E-state index is -1.10. The summed E-state index contributed by atoms with van der Waals surface area (Å²) in [5, 5.41) is 14.5. The molecule has 0 fully saturated rings. The molecule has 7 heteroatoms. The maximum Gasteiger partial charge on any atom is 0.337 e. The molecule has 0 bridgehead atoms. The Labute approximate surface area is 140 Å². The van der Waals surface area contributed by atoms with Crippen molar-refractivity contribution in [2.45, 2.75) is 26.7 Å². The van der Waals surface area contributed by atoms with Crippen LogP contribution in [0.4, 0.5) is 10.5 Å². The van der Waals surface area contributed by atoms with Crippen LogP contribution in [0.5, 0.6) is 0 Å². The van der Waals surface area contributed by atoms with E-state index in [9.17, 15) is 14.7 Å². The van der Waals surface area contributed by atoms with Crippen molar-refractivity contribution in [3.8, 4) is 0 Å². The fourth-order valence-corrected chi connectivity index (χ4v) is 3.06. The summed E-state index contributed by atoms with van der Waals surface area (Å²) in [6.45, 7) is 4.80. The minimum Gasteiger partial charge on any atom is -0.478 e. The number of carbonyl (C=O) groups is 2. The average molecular weight is 422 g/mol. The van der Waals surface area contributed by atoms with Crippen LogP contribution in [0.15, 0.2) is 21.1 Å². The monoisotopic (exact) mass is 420 g/mol. The van der Waals surface area contributed by atoms with Gasteiger partial charge in [0.05, 0.1) is 11.3 Å². The lowest BCUT2D eigenvalue weighted by Crippen LogP contribution is -2.30. The van der Waals surface area contributed by atoms with Crippen molar-refractivity contribution in [3.05, 3.63) is 26.6 Å². The number of benzene rings is 1. The number of amides is 2. The van der Waals surface area contributed by atoms with E-state index in [1.807, 2.05) is 0 Å². The third-order valence-corrected chi connectivity index (χ3v) is 3.85.